The third-order valence-electron chi connectivity index (χ3n) is 2.23. The van der Waals surface area contributed by atoms with Gasteiger partial charge in [-0.3, -0.25) is 0 Å². The van der Waals surface area contributed by atoms with Crippen LogP contribution in [0.3, 0.4) is 0 Å². The fraction of sp³-hybridized carbons (Fsp3) is 0. The molecule has 0 radical (unpaired) electrons. The van der Waals surface area contributed by atoms with Crippen molar-refractivity contribution < 1.29 is 8.83 Å². The normalized spacial score (nSPS) is 17.5. The molecule has 1 N–H and O–H groups in total. The van der Waals surface area contributed by atoms with Crippen molar-refractivity contribution in [2.24, 2.45) is 0 Å². The summed E-state index contributed by atoms with van der Waals surface area (Å²) in [6.07, 6.45) is 0. The Morgan fingerprint density at radius 3 is 2.65 bits per heavy atom. The summed E-state index contributed by atoms with van der Waals surface area (Å²) in [4.78, 5) is 2.13. The number of phenols is 1. The summed E-state index contributed by atoms with van der Waals surface area (Å²) in [5, 5.41) is 9.73. The van der Waals surface area contributed by atoms with Crippen molar-refractivity contribution >= 4 is 32.7 Å². The van der Waals surface area contributed by atoms with Gasteiger partial charge in [0.2, 0.25) is 0 Å². The molecule has 2 aromatic carbocycles. The number of aromatic hydroxyl groups is 1. The van der Waals surface area contributed by atoms with Gasteiger partial charge in [0, 0.05) is 0 Å². The molecule has 1 aliphatic heterocycles. The fourth-order valence-electron chi connectivity index (χ4n) is 1.43. The Morgan fingerprint density at radius 1 is 1.06 bits per heavy atom. The summed E-state index contributed by atoms with van der Waals surface area (Å²) in [5.74, 6) is 1.33. The second-order valence-electron chi connectivity index (χ2n) is 3.41. The number of para-hydroxylation sites is 2. The molecule has 1 unspecified atom stereocenters. The van der Waals surface area contributed by atoms with Crippen molar-refractivity contribution in [2.45, 2.75) is 9.79 Å². The van der Waals surface area contributed by atoms with Crippen LogP contribution >= 0.6 is 20.0 Å². The van der Waals surface area contributed by atoms with E-state index in [4.69, 9.17) is 3.73 Å². The molecule has 0 saturated carbocycles. The molecule has 0 aromatic heterocycles. The topological polar surface area (TPSA) is 29.5 Å². The molecular weight excluding hydrogens is 315 g/mol. The molecule has 1 heterocycles. The van der Waals surface area contributed by atoms with Crippen LogP contribution in [0.15, 0.2) is 58.3 Å². The molecule has 17 heavy (non-hydrogen) atoms. The standard InChI is InChI=1S/C12H9AsO2S2/c14-9-5-1-3-7-11(9)16-13-15-10-6-2-4-8-12(10)17-13/h1-8,14H. The molecule has 86 valence electrons. The predicted octanol–water partition coefficient (Wildman–Crippen LogP) is 3.65. The van der Waals surface area contributed by atoms with Gasteiger partial charge in [-0.1, -0.05) is 0 Å². The number of rotatable bonds is 2. The Kier molecular flexibility index (Phi) is 3.27. The maximum atomic E-state index is 9.73. The van der Waals surface area contributed by atoms with Gasteiger partial charge in [0.15, 0.2) is 0 Å². The summed E-state index contributed by atoms with van der Waals surface area (Å²) >= 11 is -1.52. The first kappa shape index (κ1) is 11.4. The number of hydrogen-bond acceptors (Lipinski definition) is 4. The van der Waals surface area contributed by atoms with Crippen molar-refractivity contribution in [1.29, 1.82) is 0 Å². The molecule has 0 amide bonds. The molecule has 2 nitrogen and oxygen atoms in total. The zero-order chi connectivity index (χ0) is 11.7. The van der Waals surface area contributed by atoms with Crippen molar-refractivity contribution in [1.82, 2.24) is 0 Å². The molecule has 5 heteroatoms. The van der Waals surface area contributed by atoms with Gasteiger partial charge < -0.3 is 0 Å². The second-order valence-corrected chi connectivity index (χ2v) is 12.9. The van der Waals surface area contributed by atoms with Crippen LogP contribution in [0.5, 0.6) is 11.5 Å². The van der Waals surface area contributed by atoms with Gasteiger partial charge in [0.05, 0.1) is 0 Å². The van der Waals surface area contributed by atoms with Gasteiger partial charge in [-0.2, -0.15) is 0 Å². The summed E-state index contributed by atoms with van der Waals surface area (Å²) in [7, 11) is 3.49. The fourth-order valence-corrected chi connectivity index (χ4v) is 11.9. The third kappa shape index (κ3) is 2.44. The van der Waals surface area contributed by atoms with Crippen LogP contribution in [0.1, 0.15) is 0 Å². The SMILES string of the molecule is Oc1ccccc1S[As]1Oc2ccccc2S1. The monoisotopic (exact) mass is 324 g/mol. The van der Waals surface area contributed by atoms with Crippen molar-refractivity contribution in [3.8, 4) is 11.5 Å². The van der Waals surface area contributed by atoms with Crippen LogP contribution in [0.4, 0.5) is 0 Å². The predicted molar refractivity (Wildman–Crippen MR) is 72.6 cm³/mol. The molecule has 2 aromatic rings. The van der Waals surface area contributed by atoms with E-state index in [9.17, 15) is 5.11 Å². The molecule has 0 spiro atoms. The molecule has 0 bridgehead atoms. The van der Waals surface area contributed by atoms with Crippen LogP contribution in [0.2, 0.25) is 0 Å². The van der Waals surface area contributed by atoms with Crippen LogP contribution in [-0.2, 0) is 0 Å². The van der Waals surface area contributed by atoms with Crippen LogP contribution < -0.4 is 3.73 Å². The molecular formula is C12H9AsO2S2. The first-order chi connectivity index (χ1) is 8.33. The van der Waals surface area contributed by atoms with E-state index in [-0.39, 0.29) is 0 Å². The Labute approximate surface area is 111 Å². The first-order valence-corrected chi connectivity index (χ1v) is 11.9. The van der Waals surface area contributed by atoms with E-state index in [0.29, 0.717) is 5.75 Å². The average Bonchev–Trinajstić information content (AvgIpc) is 2.74. The summed E-state index contributed by atoms with van der Waals surface area (Å²) in [6.45, 7) is 0. The number of benzene rings is 2. The summed E-state index contributed by atoms with van der Waals surface area (Å²) in [6, 6.07) is 15.5. The maximum absolute atomic E-state index is 9.73. The third-order valence-corrected chi connectivity index (χ3v) is 11.8. The second kappa shape index (κ2) is 4.89. The Balaban J connectivity index is 1.76. The summed E-state index contributed by atoms with van der Waals surface area (Å²) < 4.78 is 5.93. The molecule has 3 rings (SSSR count). The minimum atomic E-state index is -1.52. The van der Waals surface area contributed by atoms with E-state index >= 15 is 0 Å². The Morgan fingerprint density at radius 2 is 1.82 bits per heavy atom. The van der Waals surface area contributed by atoms with Crippen LogP contribution in [0, 0.1) is 0 Å². The quantitative estimate of drug-likeness (QED) is 0.854. The van der Waals surface area contributed by atoms with E-state index in [0.717, 1.165) is 10.6 Å². The van der Waals surface area contributed by atoms with Crippen molar-refractivity contribution in [3.05, 3.63) is 48.5 Å². The molecule has 1 atom stereocenters. The summed E-state index contributed by atoms with van der Waals surface area (Å²) in [5.41, 5.74) is 0. The van der Waals surface area contributed by atoms with Gasteiger partial charge in [0.25, 0.3) is 0 Å². The Bertz CT molecular complexity index is 523. The number of fused-ring (bicyclic) bond motifs is 1. The van der Waals surface area contributed by atoms with Gasteiger partial charge >= 0.3 is 111 Å². The van der Waals surface area contributed by atoms with Crippen molar-refractivity contribution in [2.75, 3.05) is 0 Å². The number of hydrogen-bond donors (Lipinski definition) is 1. The first-order valence-electron chi connectivity index (χ1n) is 5.04. The van der Waals surface area contributed by atoms with E-state index < -0.39 is 12.7 Å². The molecule has 0 fully saturated rings. The van der Waals surface area contributed by atoms with Crippen molar-refractivity contribution in [3.63, 3.8) is 0 Å². The van der Waals surface area contributed by atoms with Crippen LogP contribution in [-0.4, -0.2) is 17.8 Å². The van der Waals surface area contributed by atoms with Gasteiger partial charge in [0.1, 0.15) is 0 Å². The average molecular weight is 324 g/mol. The zero-order valence-electron chi connectivity index (χ0n) is 8.74. The Hall–Kier alpha value is -0.702. The van der Waals surface area contributed by atoms with Gasteiger partial charge in [-0.25, -0.2) is 0 Å². The number of phenolic OH excluding ortho intramolecular Hbond substituents is 1. The minimum absolute atomic E-state index is 0.340. The zero-order valence-corrected chi connectivity index (χ0v) is 12.2. The van der Waals surface area contributed by atoms with E-state index in [1.54, 1.807) is 16.1 Å². The van der Waals surface area contributed by atoms with Crippen LogP contribution in [0.25, 0.3) is 0 Å². The van der Waals surface area contributed by atoms with E-state index in [1.165, 1.54) is 4.90 Å². The molecule has 1 aliphatic rings. The van der Waals surface area contributed by atoms with Gasteiger partial charge in [-0.15, -0.1) is 0 Å². The molecule has 0 aliphatic carbocycles. The van der Waals surface area contributed by atoms with E-state index in [2.05, 4.69) is 6.07 Å². The van der Waals surface area contributed by atoms with Gasteiger partial charge in [-0.05, 0) is 0 Å². The van der Waals surface area contributed by atoms with E-state index in [1.807, 2.05) is 46.4 Å². The molecule has 0 saturated heterocycles.